The van der Waals surface area contributed by atoms with Crippen molar-refractivity contribution in [1.82, 2.24) is 0 Å². The van der Waals surface area contributed by atoms with E-state index in [4.69, 9.17) is 10.2 Å². The lowest BCUT2D eigenvalue weighted by molar-refractivity contribution is -0.133. The minimum atomic E-state index is -1.26. The Morgan fingerprint density at radius 2 is 2.25 bits per heavy atom. The highest BCUT2D eigenvalue weighted by atomic mass is 16.4. The van der Waals surface area contributed by atoms with Gasteiger partial charge in [0.2, 0.25) is 0 Å². The summed E-state index contributed by atoms with van der Waals surface area (Å²) in [5, 5.41) is 27.0. The third kappa shape index (κ3) is 1.85. The lowest BCUT2D eigenvalue weighted by Gasteiger charge is -2.22. The van der Waals surface area contributed by atoms with E-state index in [1.54, 1.807) is 0 Å². The van der Waals surface area contributed by atoms with Gasteiger partial charge in [-0.2, -0.15) is 0 Å². The van der Waals surface area contributed by atoms with Crippen LogP contribution in [0.1, 0.15) is 13.3 Å². The first-order valence-corrected chi connectivity index (χ1v) is 3.49. The highest BCUT2D eigenvalue weighted by Crippen LogP contribution is 2.24. The minimum Gasteiger partial charge on any atom is -0.508 e. The number of rotatable bonds is 1. The minimum absolute atomic E-state index is 0.0139. The molecule has 1 unspecified atom stereocenters. The standard InChI is InChI=1S/C8H10O4/c1-8(12)3-5(7(10)11)2-6(9)4-8/h2,4,9,12H,3H2,1H3,(H,10,11). The van der Waals surface area contributed by atoms with Crippen molar-refractivity contribution in [2.45, 2.75) is 18.9 Å². The first-order valence-electron chi connectivity index (χ1n) is 3.49. The average Bonchev–Trinajstić information content (AvgIpc) is 1.82. The Labute approximate surface area is 69.5 Å². The van der Waals surface area contributed by atoms with Crippen molar-refractivity contribution in [3.8, 4) is 0 Å². The fourth-order valence-corrected chi connectivity index (χ4v) is 1.16. The summed E-state index contributed by atoms with van der Waals surface area (Å²) in [5.41, 5.74) is -1.24. The van der Waals surface area contributed by atoms with E-state index >= 15 is 0 Å². The van der Waals surface area contributed by atoms with Gasteiger partial charge < -0.3 is 15.3 Å². The fourth-order valence-electron chi connectivity index (χ4n) is 1.16. The van der Waals surface area contributed by atoms with Crippen LogP contribution < -0.4 is 0 Å². The van der Waals surface area contributed by atoms with Crippen LogP contribution >= 0.6 is 0 Å². The van der Waals surface area contributed by atoms with Crippen molar-refractivity contribution in [2.24, 2.45) is 0 Å². The molecule has 1 rings (SSSR count). The molecular formula is C8H10O4. The maximum atomic E-state index is 10.5. The molecule has 0 aliphatic heterocycles. The number of allylic oxidation sites excluding steroid dienone is 1. The number of aliphatic carboxylic acids is 1. The first kappa shape index (κ1) is 8.80. The highest BCUT2D eigenvalue weighted by molar-refractivity contribution is 5.87. The summed E-state index contributed by atoms with van der Waals surface area (Å²) in [6, 6.07) is 0. The van der Waals surface area contributed by atoms with Crippen molar-refractivity contribution >= 4 is 5.97 Å². The zero-order valence-corrected chi connectivity index (χ0v) is 6.61. The van der Waals surface area contributed by atoms with E-state index in [2.05, 4.69) is 0 Å². The predicted octanol–water partition coefficient (Wildman–Crippen LogP) is 0.594. The number of aliphatic hydroxyl groups excluding tert-OH is 1. The highest BCUT2D eigenvalue weighted by Gasteiger charge is 2.27. The van der Waals surface area contributed by atoms with Gasteiger partial charge >= 0.3 is 5.97 Å². The van der Waals surface area contributed by atoms with Crippen LogP contribution in [0.4, 0.5) is 0 Å². The number of carbonyl (C=O) groups is 1. The molecule has 4 nitrogen and oxygen atoms in total. The summed E-state index contributed by atoms with van der Waals surface area (Å²) in [4.78, 5) is 10.5. The van der Waals surface area contributed by atoms with Crippen LogP contribution in [0.15, 0.2) is 23.5 Å². The average molecular weight is 170 g/mol. The Morgan fingerprint density at radius 1 is 1.67 bits per heavy atom. The summed E-state index contributed by atoms with van der Waals surface area (Å²) in [6.45, 7) is 1.44. The molecule has 1 aliphatic rings. The fraction of sp³-hybridized carbons (Fsp3) is 0.375. The van der Waals surface area contributed by atoms with Crippen LogP contribution in [-0.2, 0) is 4.79 Å². The second-order valence-corrected chi connectivity index (χ2v) is 3.08. The van der Waals surface area contributed by atoms with Crippen LogP contribution in [0.25, 0.3) is 0 Å². The number of hydrogen-bond acceptors (Lipinski definition) is 3. The number of hydrogen-bond donors (Lipinski definition) is 3. The van der Waals surface area contributed by atoms with E-state index in [0.717, 1.165) is 6.08 Å². The van der Waals surface area contributed by atoms with Crippen molar-refractivity contribution in [2.75, 3.05) is 0 Å². The Hall–Kier alpha value is -1.29. The Morgan fingerprint density at radius 3 is 2.67 bits per heavy atom. The van der Waals surface area contributed by atoms with Crippen LogP contribution in [0.3, 0.4) is 0 Å². The van der Waals surface area contributed by atoms with E-state index in [-0.39, 0.29) is 17.8 Å². The summed E-state index contributed by atoms with van der Waals surface area (Å²) >= 11 is 0. The van der Waals surface area contributed by atoms with Gasteiger partial charge in [0, 0.05) is 12.0 Å². The van der Waals surface area contributed by atoms with E-state index in [1.165, 1.54) is 13.0 Å². The maximum Gasteiger partial charge on any atom is 0.331 e. The molecule has 0 aromatic carbocycles. The molecule has 0 aromatic rings. The summed E-state index contributed by atoms with van der Waals surface area (Å²) in [7, 11) is 0. The molecular weight excluding hydrogens is 160 g/mol. The van der Waals surface area contributed by atoms with Gasteiger partial charge in [0.05, 0.1) is 5.60 Å². The summed E-state index contributed by atoms with van der Waals surface area (Å²) < 4.78 is 0. The van der Waals surface area contributed by atoms with E-state index < -0.39 is 11.6 Å². The van der Waals surface area contributed by atoms with Gasteiger partial charge in [-0.1, -0.05) is 0 Å². The number of aliphatic hydroxyl groups is 2. The van der Waals surface area contributed by atoms with Crippen LogP contribution in [0.5, 0.6) is 0 Å². The molecule has 0 saturated heterocycles. The smallest absolute Gasteiger partial charge is 0.331 e. The number of carboxylic acid groups (broad SMARTS) is 1. The second kappa shape index (κ2) is 2.64. The summed E-state index contributed by atoms with van der Waals surface area (Å²) in [6.07, 6.45) is 2.38. The monoisotopic (exact) mass is 170 g/mol. The molecule has 0 bridgehead atoms. The Kier molecular flexibility index (Phi) is 1.94. The van der Waals surface area contributed by atoms with Gasteiger partial charge in [-0.05, 0) is 19.1 Å². The quantitative estimate of drug-likeness (QED) is 0.538. The van der Waals surface area contributed by atoms with Crippen LogP contribution in [0, 0.1) is 0 Å². The zero-order chi connectivity index (χ0) is 9.35. The first-order chi connectivity index (χ1) is 5.41. The Bertz CT molecular complexity index is 273. The molecule has 0 heterocycles. The molecule has 0 spiro atoms. The largest absolute Gasteiger partial charge is 0.508 e. The molecule has 66 valence electrons. The maximum absolute atomic E-state index is 10.5. The van der Waals surface area contributed by atoms with Crippen LogP contribution in [0.2, 0.25) is 0 Å². The van der Waals surface area contributed by atoms with Gasteiger partial charge in [0.1, 0.15) is 5.76 Å². The molecule has 12 heavy (non-hydrogen) atoms. The van der Waals surface area contributed by atoms with Crippen molar-refractivity contribution < 1.29 is 20.1 Å². The number of carboxylic acids is 1. The molecule has 0 radical (unpaired) electrons. The lowest BCUT2D eigenvalue weighted by atomic mass is 9.91. The van der Waals surface area contributed by atoms with Gasteiger partial charge in [-0.25, -0.2) is 4.79 Å². The molecule has 1 aliphatic carbocycles. The van der Waals surface area contributed by atoms with E-state index in [9.17, 15) is 9.90 Å². The molecule has 3 N–H and O–H groups in total. The van der Waals surface area contributed by atoms with E-state index in [1.807, 2.05) is 0 Å². The second-order valence-electron chi connectivity index (χ2n) is 3.08. The zero-order valence-electron chi connectivity index (χ0n) is 6.61. The molecule has 0 aromatic heterocycles. The molecule has 0 amide bonds. The SMILES string of the molecule is CC1(O)C=C(O)C=C(C(=O)O)C1. The van der Waals surface area contributed by atoms with Crippen molar-refractivity contribution in [3.63, 3.8) is 0 Å². The molecule has 0 saturated carbocycles. The Balaban J connectivity index is 2.96. The normalized spacial score (nSPS) is 29.2. The lowest BCUT2D eigenvalue weighted by Crippen LogP contribution is -2.27. The molecule has 1 atom stereocenters. The van der Waals surface area contributed by atoms with Crippen molar-refractivity contribution in [3.05, 3.63) is 23.5 Å². The molecule has 0 fully saturated rings. The van der Waals surface area contributed by atoms with Crippen molar-refractivity contribution in [1.29, 1.82) is 0 Å². The molecule has 4 heteroatoms. The van der Waals surface area contributed by atoms with Gasteiger partial charge in [0.25, 0.3) is 0 Å². The van der Waals surface area contributed by atoms with Gasteiger partial charge in [-0.15, -0.1) is 0 Å². The predicted molar refractivity (Wildman–Crippen MR) is 41.7 cm³/mol. The third-order valence-electron chi connectivity index (χ3n) is 1.60. The van der Waals surface area contributed by atoms with Gasteiger partial charge in [0.15, 0.2) is 0 Å². The topological polar surface area (TPSA) is 77.8 Å². The van der Waals surface area contributed by atoms with Gasteiger partial charge in [-0.3, -0.25) is 0 Å². The van der Waals surface area contributed by atoms with Crippen LogP contribution in [-0.4, -0.2) is 26.9 Å². The summed E-state index contributed by atoms with van der Waals surface area (Å²) in [5.74, 6) is -1.32. The third-order valence-corrected chi connectivity index (χ3v) is 1.60. The van der Waals surface area contributed by atoms with E-state index in [0.29, 0.717) is 0 Å².